The van der Waals surface area contributed by atoms with Crippen LogP contribution in [0.15, 0.2) is 40.1 Å². The van der Waals surface area contributed by atoms with Crippen molar-refractivity contribution in [2.24, 2.45) is 0 Å². The molecule has 0 saturated heterocycles. The minimum Gasteiger partial charge on any atom is -0.441 e. The van der Waals surface area contributed by atoms with Crippen LogP contribution in [-0.4, -0.2) is 38.1 Å². The zero-order chi connectivity index (χ0) is 25.8. The van der Waals surface area contributed by atoms with Crippen molar-refractivity contribution in [2.45, 2.75) is 41.7 Å². The van der Waals surface area contributed by atoms with E-state index in [1.807, 2.05) is 0 Å². The number of rotatable bonds is 11. The number of Topliss-reactive ketones (excluding diaryl/α,β-unsaturated/α-hetero) is 1. The van der Waals surface area contributed by atoms with Crippen LogP contribution in [0.2, 0.25) is 0 Å². The fourth-order valence-corrected chi connectivity index (χ4v) is 4.91. The van der Waals surface area contributed by atoms with Gasteiger partial charge in [-0.2, -0.15) is 4.72 Å². The van der Waals surface area contributed by atoms with E-state index in [1.54, 1.807) is 0 Å². The van der Waals surface area contributed by atoms with E-state index < -0.39 is 38.9 Å². The molecule has 0 aliphatic heterocycles. The third kappa shape index (κ3) is 7.44. The van der Waals surface area contributed by atoms with Gasteiger partial charge in [-0.15, -0.1) is 10.1 Å². The summed E-state index contributed by atoms with van der Waals surface area (Å²) in [5, 5.41) is 9.22. The summed E-state index contributed by atoms with van der Waals surface area (Å²) in [7, 11) is -3.92. The lowest BCUT2D eigenvalue weighted by Gasteiger charge is -2.22. The van der Waals surface area contributed by atoms with E-state index in [0.29, 0.717) is 23.6 Å². The average Bonchev–Trinajstić information content (AvgIpc) is 3.11. The molecule has 14 heteroatoms. The van der Waals surface area contributed by atoms with E-state index >= 15 is 0 Å². The fraction of sp³-hybridized carbons (Fsp3) is 0.333. The number of ketones is 1. The number of sulfonamides is 1. The molecule has 1 atom stereocenters. The Labute approximate surface area is 203 Å². The fourth-order valence-electron chi connectivity index (χ4n) is 3.35. The second kappa shape index (κ2) is 11.1. The molecule has 188 valence electrons. The van der Waals surface area contributed by atoms with Gasteiger partial charge in [0, 0.05) is 39.8 Å². The molecule has 0 saturated carbocycles. The van der Waals surface area contributed by atoms with Crippen LogP contribution in [0.4, 0.5) is 8.78 Å². The number of carbonyl (C=O) groups excluding carboxylic acids is 2. The highest BCUT2D eigenvalue weighted by Crippen LogP contribution is 2.39. The van der Waals surface area contributed by atoms with Crippen LogP contribution >= 0.6 is 11.8 Å². The maximum atomic E-state index is 14.3. The molecular weight excluding hydrogens is 510 g/mol. The standard InChI is InChI=1S/C21H20F2N2O8S2/c1-35(30,31)24-21(33-20(27)3-2-8-32-25(28)29)15-9-12-4-6-17(26)14(12)11-19(15)34-18-7-5-13(22)10-16(18)23/h5,7,9-11,21,24H,2-4,6,8H2,1H3. The van der Waals surface area contributed by atoms with Gasteiger partial charge in [0.15, 0.2) is 12.0 Å². The molecule has 10 nitrogen and oxygen atoms in total. The van der Waals surface area contributed by atoms with Crippen molar-refractivity contribution in [3.05, 3.63) is 68.8 Å². The molecule has 2 aromatic carbocycles. The number of hydrogen-bond donors (Lipinski definition) is 1. The Morgan fingerprint density at radius 2 is 1.97 bits per heavy atom. The number of halogens is 2. The maximum absolute atomic E-state index is 14.3. The molecule has 0 radical (unpaired) electrons. The topological polar surface area (TPSA) is 142 Å². The summed E-state index contributed by atoms with van der Waals surface area (Å²) < 4.78 is 59.3. The monoisotopic (exact) mass is 530 g/mol. The first kappa shape index (κ1) is 26.5. The van der Waals surface area contributed by atoms with Gasteiger partial charge in [-0.1, -0.05) is 11.8 Å². The van der Waals surface area contributed by atoms with Gasteiger partial charge in [-0.05, 0) is 42.7 Å². The first-order chi connectivity index (χ1) is 16.4. The minimum absolute atomic E-state index is 0.000549. The van der Waals surface area contributed by atoms with Gasteiger partial charge in [-0.25, -0.2) is 17.2 Å². The molecule has 1 unspecified atom stereocenters. The summed E-state index contributed by atoms with van der Waals surface area (Å²) in [5.41, 5.74) is 1.12. The summed E-state index contributed by atoms with van der Waals surface area (Å²) in [4.78, 5) is 39.2. The SMILES string of the molecule is CS(=O)(=O)NC(OC(=O)CCCO[N+](=O)[O-])c1cc2c(cc1Sc1ccc(F)cc1F)C(=O)CC2. The molecule has 0 aromatic heterocycles. The molecular formula is C21H20F2N2O8S2. The Balaban J connectivity index is 1.96. The van der Waals surface area contributed by atoms with Crippen molar-refractivity contribution >= 4 is 33.5 Å². The average molecular weight is 531 g/mol. The number of benzene rings is 2. The largest absolute Gasteiger partial charge is 0.441 e. The van der Waals surface area contributed by atoms with Crippen LogP contribution in [0, 0.1) is 21.7 Å². The molecule has 0 fully saturated rings. The Hall–Kier alpha value is -3.10. The van der Waals surface area contributed by atoms with Crippen molar-refractivity contribution in [3.63, 3.8) is 0 Å². The summed E-state index contributed by atoms with van der Waals surface area (Å²) in [5.74, 6) is -2.69. The third-order valence-electron chi connectivity index (χ3n) is 4.85. The van der Waals surface area contributed by atoms with E-state index in [9.17, 15) is 36.9 Å². The maximum Gasteiger partial charge on any atom is 0.307 e. The van der Waals surface area contributed by atoms with Gasteiger partial charge in [0.2, 0.25) is 10.0 Å². The van der Waals surface area contributed by atoms with Crippen LogP contribution < -0.4 is 4.72 Å². The molecule has 2 aromatic rings. The first-order valence-corrected chi connectivity index (χ1v) is 12.9. The van der Waals surface area contributed by atoms with Crippen molar-refractivity contribution in [3.8, 4) is 0 Å². The second-order valence-corrected chi connectivity index (χ2v) is 10.4. The molecule has 0 spiro atoms. The normalized spacial score (nSPS) is 13.9. The van der Waals surface area contributed by atoms with Gasteiger partial charge in [0.1, 0.15) is 11.6 Å². The molecule has 0 amide bonds. The van der Waals surface area contributed by atoms with E-state index in [1.165, 1.54) is 18.2 Å². The van der Waals surface area contributed by atoms with Gasteiger partial charge >= 0.3 is 5.97 Å². The highest BCUT2D eigenvalue weighted by molar-refractivity contribution is 7.99. The third-order valence-corrected chi connectivity index (χ3v) is 6.61. The molecule has 3 rings (SSSR count). The minimum atomic E-state index is -3.92. The summed E-state index contributed by atoms with van der Waals surface area (Å²) in [6.45, 7) is -0.363. The predicted octanol–water partition coefficient (Wildman–Crippen LogP) is 3.32. The summed E-state index contributed by atoms with van der Waals surface area (Å²) in [6, 6.07) is 5.89. The van der Waals surface area contributed by atoms with Gasteiger partial charge in [-0.3, -0.25) is 9.59 Å². The number of carbonyl (C=O) groups is 2. The zero-order valence-corrected chi connectivity index (χ0v) is 19.9. The van der Waals surface area contributed by atoms with Crippen molar-refractivity contribution in [1.29, 1.82) is 0 Å². The van der Waals surface area contributed by atoms with Crippen molar-refractivity contribution < 1.29 is 41.4 Å². The van der Waals surface area contributed by atoms with Crippen LogP contribution in [0.25, 0.3) is 0 Å². The van der Waals surface area contributed by atoms with Gasteiger partial charge < -0.3 is 9.57 Å². The Bertz CT molecular complexity index is 1270. The predicted molar refractivity (Wildman–Crippen MR) is 119 cm³/mol. The molecule has 1 aliphatic carbocycles. The highest BCUT2D eigenvalue weighted by Gasteiger charge is 2.29. The summed E-state index contributed by atoms with van der Waals surface area (Å²) in [6.07, 6.45) is -0.452. The number of esters is 1. The summed E-state index contributed by atoms with van der Waals surface area (Å²) >= 11 is 0.809. The van der Waals surface area contributed by atoms with Crippen molar-refractivity contribution in [1.82, 2.24) is 4.72 Å². The van der Waals surface area contributed by atoms with Gasteiger partial charge in [0.25, 0.3) is 5.09 Å². The lowest BCUT2D eigenvalue weighted by Crippen LogP contribution is -2.31. The number of fused-ring (bicyclic) bond motifs is 1. The molecule has 1 aliphatic rings. The molecule has 0 heterocycles. The molecule has 1 N–H and O–H groups in total. The quantitative estimate of drug-likeness (QED) is 0.152. The zero-order valence-electron chi connectivity index (χ0n) is 18.3. The number of nitrogens with one attached hydrogen (secondary N) is 1. The van der Waals surface area contributed by atoms with E-state index in [0.717, 1.165) is 24.1 Å². The second-order valence-electron chi connectivity index (χ2n) is 7.57. The Kier molecular flexibility index (Phi) is 8.40. The van der Waals surface area contributed by atoms with Crippen LogP contribution in [0.3, 0.4) is 0 Å². The molecule has 0 bridgehead atoms. The van der Waals surface area contributed by atoms with E-state index in [4.69, 9.17) is 4.74 Å². The van der Waals surface area contributed by atoms with E-state index in [2.05, 4.69) is 9.56 Å². The number of hydrogen-bond acceptors (Lipinski definition) is 9. The van der Waals surface area contributed by atoms with Crippen LogP contribution in [-0.2, 0) is 30.8 Å². The first-order valence-electron chi connectivity index (χ1n) is 10.2. The molecule has 35 heavy (non-hydrogen) atoms. The van der Waals surface area contributed by atoms with Crippen LogP contribution in [0.5, 0.6) is 0 Å². The Morgan fingerprint density at radius 3 is 2.63 bits per heavy atom. The smallest absolute Gasteiger partial charge is 0.307 e. The van der Waals surface area contributed by atoms with Crippen LogP contribution in [0.1, 0.15) is 47.0 Å². The number of aryl methyl sites for hydroxylation is 1. The lowest BCUT2D eigenvalue weighted by molar-refractivity contribution is -0.757. The number of nitrogens with zero attached hydrogens (tertiary/aromatic N) is 1. The van der Waals surface area contributed by atoms with Crippen molar-refractivity contribution in [2.75, 3.05) is 12.9 Å². The van der Waals surface area contributed by atoms with Gasteiger partial charge in [0.05, 0.1) is 12.9 Å². The Morgan fingerprint density at radius 1 is 1.23 bits per heavy atom. The number of ether oxygens (including phenoxy) is 1. The highest BCUT2D eigenvalue weighted by atomic mass is 32.2. The van der Waals surface area contributed by atoms with E-state index in [-0.39, 0.29) is 47.0 Å². The lowest BCUT2D eigenvalue weighted by atomic mass is 10.0.